The first-order chi connectivity index (χ1) is 12.4. The molecule has 0 bridgehead atoms. The minimum absolute atomic E-state index is 0.320. The highest BCUT2D eigenvalue weighted by atomic mass is 16.2. The van der Waals surface area contributed by atoms with E-state index in [0.29, 0.717) is 16.9 Å². The summed E-state index contributed by atoms with van der Waals surface area (Å²) in [6.07, 6.45) is 0.867. The van der Waals surface area contributed by atoms with Crippen LogP contribution in [-0.2, 0) is 27.1 Å². The Hall–Kier alpha value is -3.09. The van der Waals surface area contributed by atoms with Crippen molar-refractivity contribution in [3.05, 3.63) is 68.1 Å². The minimum Gasteiger partial charge on any atom is -0.314 e. The number of benzene rings is 1. The van der Waals surface area contributed by atoms with Crippen molar-refractivity contribution < 1.29 is 0 Å². The van der Waals surface area contributed by atoms with Crippen LogP contribution in [0.5, 0.6) is 0 Å². The highest BCUT2D eigenvalue weighted by Gasteiger charge is 2.21. The van der Waals surface area contributed by atoms with Gasteiger partial charge in [0.2, 0.25) is 5.78 Å². The van der Waals surface area contributed by atoms with E-state index >= 15 is 0 Å². The van der Waals surface area contributed by atoms with Gasteiger partial charge in [-0.05, 0) is 25.8 Å². The van der Waals surface area contributed by atoms with E-state index in [-0.39, 0.29) is 11.2 Å². The van der Waals surface area contributed by atoms with Crippen LogP contribution in [0.2, 0.25) is 0 Å². The van der Waals surface area contributed by atoms with Crippen molar-refractivity contribution in [1.82, 2.24) is 23.1 Å². The molecule has 0 radical (unpaired) electrons. The minimum atomic E-state index is -0.367. The van der Waals surface area contributed by atoms with Crippen LogP contribution in [0.1, 0.15) is 17.0 Å². The third-order valence-electron chi connectivity index (χ3n) is 5.21. The Morgan fingerprint density at radius 1 is 0.962 bits per heavy atom. The predicted molar refractivity (Wildman–Crippen MR) is 101 cm³/mol. The molecule has 4 aromatic rings. The molecule has 0 aliphatic rings. The second kappa shape index (κ2) is 5.72. The van der Waals surface area contributed by atoms with Crippen LogP contribution in [0.3, 0.4) is 0 Å². The van der Waals surface area contributed by atoms with Gasteiger partial charge in [0.25, 0.3) is 5.56 Å². The molecule has 0 saturated carbocycles. The zero-order valence-electron chi connectivity index (χ0n) is 15.4. The monoisotopic (exact) mass is 351 g/mol. The number of hydrogen-bond acceptors (Lipinski definition) is 3. The van der Waals surface area contributed by atoms with Gasteiger partial charge in [-0.3, -0.25) is 18.3 Å². The number of fused-ring (bicyclic) bond motifs is 3. The van der Waals surface area contributed by atoms with E-state index in [2.05, 4.69) is 21.7 Å². The fraction of sp³-hybridized carbons (Fsp3) is 0.316. The van der Waals surface area contributed by atoms with E-state index in [0.717, 1.165) is 28.9 Å². The van der Waals surface area contributed by atoms with Gasteiger partial charge in [0.1, 0.15) is 0 Å². The third-order valence-corrected chi connectivity index (χ3v) is 5.21. The molecule has 0 atom stereocenters. The lowest BCUT2D eigenvalue weighted by Crippen LogP contribution is -2.37. The second-order valence-corrected chi connectivity index (χ2v) is 6.68. The van der Waals surface area contributed by atoms with E-state index in [1.807, 2.05) is 36.4 Å². The molecule has 0 aliphatic carbocycles. The molecule has 26 heavy (non-hydrogen) atoms. The van der Waals surface area contributed by atoms with Crippen molar-refractivity contribution in [3.63, 3.8) is 0 Å². The second-order valence-electron chi connectivity index (χ2n) is 6.68. The zero-order chi connectivity index (χ0) is 18.6. The van der Waals surface area contributed by atoms with Gasteiger partial charge >= 0.3 is 5.69 Å². The molecule has 3 aromatic heterocycles. The lowest BCUT2D eigenvalue weighted by molar-refractivity contribution is 0.691. The Kier molecular flexibility index (Phi) is 3.61. The molecule has 134 valence electrons. The molecule has 0 spiro atoms. The van der Waals surface area contributed by atoms with Crippen molar-refractivity contribution >= 4 is 16.9 Å². The summed E-state index contributed by atoms with van der Waals surface area (Å²) in [5.74, 6) is 0.698. The first-order valence-corrected chi connectivity index (χ1v) is 8.59. The number of rotatable bonds is 3. The van der Waals surface area contributed by atoms with Crippen molar-refractivity contribution in [2.24, 2.45) is 14.1 Å². The van der Waals surface area contributed by atoms with Crippen LogP contribution < -0.4 is 11.2 Å². The maximum Gasteiger partial charge on any atom is 0.332 e. The normalized spacial score (nSPS) is 11.7. The van der Waals surface area contributed by atoms with E-state index in [4.69, 9.17) is 0 Å². The van der Waals surface area contributed by atoms with Crippen LogP contribution in [0.25, 0.3) is 16.9 Å². The first-order valence-electron chi connectivity index (χ1n) is 8.59. The van der Waals surface area contributed by atoms with Crippen LogP contribution in [0.4, 0.5) is 0 Å². The van der Waals surface area contributed by atoms with E-state index in [1.54, 1.807) is 7.05 Å². The van der Waals surface area contributed by atoms with Crippen molar-refractivity contribution in [2.75, 3.05) is 0 Å². The largest absolute Gasteiger partial charge is 0.332 e. The Bertz CT molecular complexity index is 1260. The van der Waals surface area contributed by atoms with Gasteiger partial charge in [0.05, 0.1) is 0 Å². The average Bonchev–Trinajstić information content (AvgIpc) is 3.14. The average molecular weight is 351 g/mol. The summed E-state index contributed by atoms with van der Waals surface area (Å²) in [6.45, 7) is 4.77. The summed E-state index contributed by atoms with van der Waals surface area (Å²) in [5, 5.41) is 0. The molecule has 3 heterocycles. The molecule has 4 rings (SSSR count). The fourth-order valence-electron chi connectivity index (χ4n) is 3.54. The molecule has 0 saturated heterocycles. The maximum atomic E-state index is 12.7. The standard InChI is InChI=1S/C19H21N5O2/c1-12-13(2)24-15-16(21(3)19(26)22(4)17(15)25)20-18(24)23(12)11-10-14-8-6-5-7-9-14/h5-9H,10-11H2,1-4H3. The maximum absolute atomic E-state index is 12.7. The lowest BCUT2D eigenvalue weighted by Gasteiger charge is -2.06. The zero-order valence-corrected chi connectivity index (χ0v) is 15.4. The van der Waals surface area contributed by atoms with Gasteiger partial charge in [-0.1, -0.05) is 30.3 Å². The van der Waals surface area contributed by atoms with E-state index in [9.17, 15) is 9.59 Å². The first kappa shape index (κ1) is 16.4. The van der Waals surface area contributed by atoms with E-state index < -0.39 is 0 Å². The summed E-state index contributed by atoms with van der Waals surface area (Å²) < 4.78 is 6.55. The Morgan fingerprint density at radius 3 is 2.35 bits per heavy atom. The molecule has 0 fully saturated rings. The Labute approximate surface area is 149 Å². The number of aromatic nitrogens is 5. The molecule has 0 N–H and O–H groups in total. The smallest absolute Gasteiger partial charge is 0.314 e. The predicted octanol–water partition coefficient (Wildman–Crippen LogP) is 1.55. The van der Waals surface area contributed by atoms with Gasteiger partial charge < -0.3 is 4.57 Å². The van der Waals surface area contributed by atoms with Crippen molar-refractivity contribution in [1.29, 1.82) is 0 Å². The lowest BCUT2D eigenvalue weighted by atomic mass is 10.1. The molecular formula is C19H21N5O2. The van der Waals surface area contributed by atoms with Gasteiger partial charge in [-0.25, -0.2) is 4.79 Å². The van der Waals surface area contributed by atoms with Crippen LogP contribution >= 0.6 is 0 Å². The number of imidazole rings is 2. The number of hydrogen-bond donors (Lipinski definition) is 0. The number of aryl methyl sites for hydroxylation is 4. The number of nitrogens with zero attached hydrogens (tertiary/aromatic N) is 5. The molecule has 0 aliphatic heterocycles. The molecule has 1 aromatic carbocycles. The summed E-state index contributed by atoms with van der Waals surface area (Å²) in [4.78, 5) is 29.6. The topological polar surface area (TPSA) is 66.2 Å². The van der Waals surface area contributed by atoms with Crippen LogP contribution in [0, 0.1) is 13.8 Å². The van der Waals surface area contributed by atoms with Gasteiger partial charge in [-0.2, -0.15) is 4.98 Å². The van der Waals surface area contributed by atoms with Gasteiger partial charge in [-0.15, -0.1) is 0 Å². The summed E-state index contributed by atoms with van der Waals surface area (Å²) in [6, 6.07) is 10.3. The molecule has 0 amide bonds. The Morgan fingerprint density at radius 2 is 1.65 bits per heavy atom. The van der Waals surface area contributed by atoms with Crippen molar-refractivity contribution in [2.45, 2.75) is 26.8 Å². The molecule has 7 heteroatoms. The SMILES string of the molecule is Cc1c(C)n2c3c(=O)n(C)c(=O)n(C)c3nc2n1CCc1ccccc1. The van der Waals surface area contributed by atoms with E-state index in [1.165, 1.54) is 17.2 Å². The summed E-state index contributed by atoms with van der Waals surface area (Å²) in [5.41, 5.74) is 3.46. The molecule has 7 nitrogen and oxygen atoms in total. The molecular weight excluding hydrogens is 330 g/mol. The van der Waals surface area contributed by atoms with Gasteiger partial charge in [0, 0.05) is 32.0 Å². The summed E-state index contributed by atoms with van der Waals surface area (Å²) >= 11 is 0. The fourth-order valence-corrected chi connectivity index (χ4v) is 3.54. The molecule has 0 unspecified atom stereocenters. The quantitative estimate of drug-likeness (QED) is 0.562. The van der Waals surface area contributed by atoms with Crippen molar-refractivity contribution in [3.8, 4) is 0 Å². The van der Waals surface area contributed by atoms with Crippen LogP contribution in [-0.4, -0.2) is 23.1 Å². The third kappa shape index (κ3) is 2.16. The van der Waals surface area contributed by atoms with Crippen LogP contribution in [0.15, 0.2) is 39.9 Å². The van der Waals surface area contributed by atoms with Gasteiger partial charge in [0.15, 0.2) is 11.2 Å². The Balaban J connectivity index is 1.96. The highest BCUT2D eigenvalue weighted by Crippen LogP contribution is 2.21. The highest BCUT2D eigenvalue weighted by molar-refractivity contribution is 5.76. The summed E-state index contributed by atoms with van der Waals surface area (Å²) in [7, 11) is 3.14.